The molecule has 2 aromatic rings. The van der Waals surface area contributed by atoms with Gasteiger partial charge in [-0.1, -0.05) is 46.3 Å². The molecular weight excluding hydrogens is 266 g/mol. The molecule has 0 atom stereocenters. The molecule has 3 heteroatoms. The highest BCUT2D eigenvalue weighted by Gasteiger charge is 2.11. The van der Waals surface area contributed by atoms with E-state index in [-0.39, 0.29) is 0 Å². The SMILES string of the molecule is COc1ccnc(CBr)c1-c1ccccc1. The summed E-state index contributed by atoms with van der Waals surface area (Å²) in [6.07, 6.45) is 1.77. The van der Waals surface area contributed by atoms with E-state index >= 15 is 0 Å². The third kappa shape index (κ3) is 2.09. The number of aromatic nitrogens is 1. The predicted molar refractivity (Wildman–Crippen MR) is 68.9 cm³/mol. The number of ether oxygens (including phenoxy) is 1. The van der Waals surface area contributed by atoms with Crippen molar-refractivity contribution in [3.8, 4) is 16.9 Å². The zero-order valence-electron chi connectivity index (χ0n) is 8.98. The highest BCUT2D eigenvalue weighted by molar-refractivity contribution is 9.08. The van der Waals surface area contributed by atoms with Crippen molar-refractivity contribution in [2.45, 2.75) is 5.33 Å². The number of benzene rings is 1. The predicted octanol–water partition coefficient (Wildman–Crippen LogP) is 3.65. The Morgan fingerprint density at radius 2 is 1.94 bits per heavy atom. The summed E-state index contributed by atoms with van der Waals surface area (Å²) in [6.45, 7) is 0. The Morgan fingerprint density at radius 1 is 1.19 bits per heavy atom. The summed E-state index contributed by atoms with van der Waals surface area (Å²) in [7, 11) is 1.68. The zero-order chi connectivity index (χ0) is 11.4. The van der Waals surface area contributed by atoms with Gasteiger partial charge < -0.3 is 4.74 Å². The van der Waals surface area contributed by atoms with Crippen molar-refractivity contribution in [1.82, 2.24) is 4.98 Å². The Balaban J connectivity index is 2.62. The summed E-state index contributed by atoms with van der Waals surface area (Å²) in [6, 6.07) is 12.0. The van der Waals surface area contributed by atoms with Gasteiger partial charge in [0, 0.05) is 17.1 Å². The minimum atomic E-state index is 0.717. The van der Waals surface area contributed by atoms with Crippen LogP contribution in [0.3, 0.4) is 0 Å². The van der Waals surface area contributed by atoms with Crippen LogP contribution in [0.2, 0.25) is 0 Å². The van der Waals surface area contributed by atoms with Crippen LogP contribution in [0.5, 0.6) is 5.75 Å². The second-order valence-electron chi connectivity index (χ2n) is 3.33. The van der Waals surface area contributed by atoms with Crippen LogP contribution in [0.25, 0.3) is 11.1 Å². The van der Waals surface area contributed by atoms with E-state index in [2.05, 4.69) is 33.0 Å². The molecular formula is C13H12BrNO. The number of methoxy groups -OCH3 is 1. The van der Waals surface area contributed by atoms with Gasteiger partial charge >= 0.3 is 0 Å². The molecule has 16 heavy (non-hydrogen) atoms. The fourth-order valence-electron chi connectivity index (χ4n) is 1.67. The highest BCUT2D eigenvalue weighted by atomic mass is 79.9. The lowest BCUT2D eigenvalue weighted by Crippen LogP contribution is -1.95. The second-order valence-corrected chi connectivity index (χ2v) is 3.90. The molecule has 0 bridgehead atoms. The lowest BCUT2D eigenvalue weighted by molar-refractivity contribution is 0.415. The second kappa shape index (κ2) is 5.12. The molecule has 1 aromatic heterocycles. The molecule has 0 saturated heterocycles. The van der Waals surface area contributed by atoms with E-state index in [1.807, 2.05) is 24.3 Å². The van der Waals surface area contributed by atoms with Gasteiger partial charge in [-0.3, -0.25) is 4.98 Å². The number of pyridine rings is 1. The first-order chi connectivity index (χ1) is 7.86. The van der Waals surface area contributed by atoms with E-state index in [0.717, 1.165) is 22.6 Å². The van der Waals surface area contributed by atoms with Crippen LogP contribution in [0.15, 0.2) is 42.6 Å². The van der Waals surface area contributed by atoms with Gasteiger partial charge in [-0.2, -0.15) is 0 Å². The van der Waals surface area contributed by atoms with Crippen LogP contribution >= 0.6 is 15.9 Å². The van der Waals surface area contributed by atoms with Crippen LogP contribution in [0.4, 0.5) is 0 Å². The van der Waals surface area contributed by atoms with E-state index in [0.29, 0.717) is 5.33 Å². The average Bonchev–Trinajstić information content (AvgIpc) is 2.38. The normalized spacial score (nSPS) is 10.1. The van der Waals surface area contributed by atoms with Crippen molar-refractivity contribution >= 4 is 15.9 Å². The number of nitrogens with zero attached hydrogens (tertiary/aromatic N) is 1. The van der Waals surface area contributed by atoms with Crippen molar-refractivity contribution in [1.29, 1.82) is 0 Å². The van der Waals surface area contributed by atoms with Crippen LogP contribution < -0.4 is 4.74 Å². The van der Waals surface area contributed by atoms with Crippen LogP contribution in [-0.2, 0) is 5.33 Å². The summed E-state index contributed by atoms with van der Waals surface area (Å²) in [4.78, 5) is 4.36. The number of hydrogen-bond donors (Lipinski definition) is 0. The first kappa shape index (κ1) is 11.1. The van der Waals surface area contributed by atoms with Gasteiger partial charge in [0.15, 0.2) is 0 Å². The first-order valence-electron chi connectivity index (χ1n) is 5.00. The van der Waals surface area contributed by atoms with Gasteiger partial charge in [-0.05, 0) is 11.6 Å². The smallest absolute Gasteiger partial charge is 0.130 e. The van der Waals surface area contributed by atoms with Crippen molar-refractivity contribution < 1.29 is 4.74 Å². The maximum absolute atomic E-state index is 5.38. The number of hydrogen-bond acceptors (Lipinski definition) is 2. The van der Waals surface area contributed by atoms with Crippen molar-refractivity contribution in [2.24, 2.45) is 0 Å². The average molecular weight is 278 g/mol. The molecule has 0 spiro atoms. The molecule has 2 nitrogen and oxygen atoms in total. The first-order valence-corrected chi connectivity index (χ1v) is 6.12. The van der Waals surface area contributed by atoms with Gasteiger partial charge in [-0.15, -0.1) is 0 Å². The lowest BCUT2D eigenvalue weighted by atomic mass is 10.0. The molecule has 0 unspecified atom stereocenters. The molecule has 2 rings (SSSR count). The summed E-state index contributed by atoms with van der Waals surface area (Å²) < 4.78 is 5.38. The van der Waals surface area contributed by atoms with Gasteiger partial charge in [0.2, 0.25) is 0 Å². The van der Waals surface area contributed by atoms with E-state index in [9.17, 15) is 0 Å². The minimum absolute atomic E-state index is 0.717. The summed E-state index contributed by atoms with van der Waals surface area (Å²) in [5.74, 6) is 0.857. The molecule has 0 radical (unpaired) electrons. The number of rotatable bonds is 3. The third-order valence-corrected chi connectivity index (χ3v) is 2.93. The zero-order valence-corrected chi connectivity index (χ0v) is 10.6. The largest absolute Gasteiger partial charge is 0.496 e. The molecule has 0 fully saturated rings. The Hall–Kier alpha value is -1.35. The van der Waals surface area contributed by atoms with Crippen molar-refractivity contribution in [3.63, 3.8) is 0 Å². The van der Waals surface area contributed by atoms with Gasteiger partial charge in [0.05, 0.1) is 12.8 Å². The topological polar surface area (TPSA) is 22.1 Å². The summed E-state index contributed by atoms with van der Waals surface area (Å²) in [5.41, 5.74) is 3.18. The minimum Gasteiger partial charge on any atom is -0.496 e. The monoisotopic (exact) mass is 277 g/mol. The standard InChI is InChI=1S/C13H12BrNO/c1-16-12-7-8-15-11(9-14)13(12)10-5-3-2-4-6-10/h2-8H,9H2,1H3. The lowest BCUT2D eigenvalue weighted by Gasteiger charge is -2.11. The molecule has 1 heterocycles. The van der Waals surface area contributed by atoms with Gasteiger partial charge in [-0.25, -0.2) is 0 Å². The maximum Gasteiger partial charge on any atom is 0.130 e. The Labute approximate surface area is 103 Å². The Bertz CT molecular complexity index is 448. The summed E-state index contributed by atoms with van der Waals surface area (Å²) >= 11 is 3.45. The Morgan fingerprint density at radius 3 is 2.56 bits per heavy atom. The molecule has 1 aromatic carbocycles. The van der Waals surface area contributed by atoms with Crippen LogP contribution in [0, 0.1) is 0 Å². The van der Waals surface area contributed by atoms with Crippen LogP contribution in [-0.4, -0.2) is 12.1 Å². The molecule has 0 aliphatic heterocycles. The van der Waals surface area contributed by atoms with E-state index in [1.54, 1.807) is 13.3 Å². The molecule has 0 aliphatic rings. The van der Waals surface area contributed by atoms with E-state index < -0.39 is 0 Å². The van der Waals surface area contributed by atoms with E-state index in [4.69, 9.17) is 4.74 Å². The summed E-state index contributed by atoms with van der Waals surface area (Å²) in [5, 5.41) is 0.717. The van der Waals surface area contributed by atoms with Gasteiger partial charge in [0.25, 0.3) is 0 Å². The van der Waals surface area contributed by atoms with Crippen molar-refractivity contribution in [3.05, 3.63) is 48.3 Å². The molecule has 0 amide bonds. The molecule has 0 N–H and O–H groups in total. The quantitative estimate of drug-likeness (QED) is 0.799. The maximum atomic E-state index is 5.38. The molecule has 0 saturated carbocycles. The van der Waals surface area contributed by atoms with Crippen LogP contribution in [0.1, 0.15) is 5.69 Å². The fourth-order valence-corrected chi connectivity index (χ4v) is 2.10. The fraction of sp³-hybridized carbons (Fsp3) is 0.154. The molecule has 82 valence electrons. The number of halogens is 1. The number of alkyl halides is 1. The van der Waals surface area contributed by atoms with Crippen molar-refractivity contribution in [2.75, 3.05) is 7.11 Å². The highest BCUT2D eigenvalue weighted by Crippen LogP contribution is 2.32. The third-order valence-electron chi connectivity index (χ3n) is 2.40. The molecule has 0 aliphatic carbocycles. The van der Waals surface area contributed by atoms with Gasteiger partial charge in [0.1, 0.15) is 5.75 Å². The van der Waals surface area contributed by atoms with E-state index in [1.165, 1.54) is 0 Å². The Kier molecular flexibility index (Phi) is 3.57.